The quantitative estimate of drug-likeness (QED) is 0.637. The second-order valence-corrected chi connectivity index (χ2v) is 5.26. The molecule has 0 aromatic heterocycles. The lowest BCUT2D eigenvalue weighted by molar-refractivity contribution is -0.385. The second kappa shape index (κ2) is 7.19. The summed E-state index contributed by atoms with van der Waals surface area (Å²) in [6.45, 7) is 1.07. The minimum absolute atomic E-state index is 0.0421. The molecule has 0 aliphatic rings. The van der Waals surface area contributed by atoms with E-state index in [9.17, 15) is 10.1 Å². The molecule has 0 unspecified atom stereocenters. The fraction of sp³-hybridized carbons (Fsp3) is 0.200. The highest BCUT2D eigenvalue weighted by Crippen LogP contribution is 2.29. The molecule has 2 rings (SSSR count). The summed E-state index contributed by atoms with van der Waals surface area (Å²) in [5.74, 6) is 0.730. The van der Waals surface area contributed by atoms with Gasteiger partial charge in [0.15, 0.2) is 0 Å². The van der Waals surface area contributed by atoms with E-state index in [1.807, 2.05) is 31.3 Å². The maximum atomic E-state index is 10.9. The number of nitrogens with zero attached hydrogens (tertiary/aromatic N) is 1. The molecule has 2 aromatic carbocycles. The lowest BCUT2D eigenvalue weighted by atomic mass is 10.2. The molecular weight excluding hydrogens is 336 g/mol. The summed E-state index contributed by atoms with van der Waals surface area (Å²) in [5, 5.41) is 14.0. The molecule has 0 fully saturated rings. The minimum Gasteiger partial charge on any atom is -0.489 e. The molecule has 110 valence electrons. The van der Waals surface area contributed by atoms with E-state index in [2.05, 4.69) is 21.2 Å². The van der Waals surface area contributed by atoms with E-state index in [4.69, 9.17) is 4.74 Å². The van der Waals surface area contributed by atoms with Crippen LogP contribution in [0.2, 0.25) is 0 Å². The molecular formula is C15H15BrN2O3. The molecule has 6 heteroatoms. The SMILES string of the molecule is CNCc1ccc(OCc2cccc([N+](=O)[O-])c2Br)cc1. The van der Waals surface area contributed by atoms with Crippen LogP contribution in [0.15, 0.2) is 46.9 Å². The van der Waals surface area contributed by atoms with Crippen LogP contribution in [0.25, 0.3) is 0 Å². The molecule has 0 amide bonds. The summed E-state index contributed by atoms with van der Waals surface area (Å²) in [7, 11) is 1.89. The van der Waals surface area contributed by atoms with Gasteiger partial charge in [0.2, 0.25) is 0 Å². The smallest absolute Gasteiger partial charge is 0.283 e. The van der Waals surface area contributed by atoms with Gasteiger partial charge in [-0.3, -0.25) is 10.1 Å². The Kier molecular flexibility index (Phi) is 5.30. The van der Waals surface area contributed by atoms with Gasteiger partial charge in [0, 0.05) is 18.2 Å². The maximum Gasteiger partial charge on any atom is 0.283 e. The van der Waals surface area contributed by atoms with Gasteiger partial charge >= 0.3 is 0 Å². The third-order valence-electron chi connectivity index (χ3n) is 2.95. The molecule has 0 radical (unpaired) electrons. The van der Waals surface area contributed by atoms with Crippen LogP contribution >= 0.6 is 15.9 Å². The van der Waals surface area contributed by atoms with Crippen molar-refractivity contribution in [2.75, 3.05) is 7.05 Å². The number of benzene rings is 2. The van der Waals surface area contributed by atoms with Crippen LogP contribution in [0, 0.1) is 10.1 Å². The van der Waals surface area contributed by atoms with Crippen LogP contribution < -0.4 is 10.1 Å². The van der Waals surface area contributed by atoms with E-state index < -0.39 is 4.92 Å². The third-order valence-corrected chi connectivity index (χ3v) is 3.87. The minimum atomic E-state index is -0.417. The Balaban J connectivity index is 2.06. The molecule has 2 aromatic rings. The van der Waals surface area contributed by atoms with Crippen LogP contribution in [-0.4, -0.2) is 12.0 Å². The van der Waals surface area contributed by atoms with Crippen molar-refractivity contribution in [1.29, 1.82) is 0 Å². The first-order valence-electron chi connectivity index (χ1n) is 6.40. The largest absolute Gasteiger partial charge is 0.489 e. The molecule has 0 heterocycles. The molecule has 0 bridgehead atoms. The normalized spacial score (nSPS) is 10.4. The van der Waals surface area contributed by atoms with E-state index in [0.717, 1.165) is 17.9 Å². The number of rotatable bonds is 6. The van der Waals surface area contributed by atoms with Crippen LogP contribution in [0.1, 0.15) is 11.1 Å². The third kappa shape index (κ3) is 4.03. The fourth-order valence-electron chi connectivity index (χ4n) is 1.89. The summed E-state index contributed by atoms with van der Waals surface area (Å²) >= 11 is 3.26. The van der Waals surface area contributed by atoms with Crippen molar-refractivity contribution >= 4 is 21.6 Å². The number of nitro benzene ring substituents is 1. The monoisotopic (exact) mass is 350 g/mol. The first-order valence-corrected chi connectivity index (χ1v) is 7.19. The Morgan fingerprint density at radius 1 is 1.24 bits per heavy atom. The van der Waals surface area contributed by atoms with Gasteiger partial charge in [-0.05, 0) is 40.7 Å². The number of ether oxygens (including phenoxy) is 1. The predicted octanol–water partition coefficient (Wildman–Crippen LogP) is 3.66. The zero-order valence-electron chi connectivity index (χ0n) is 11.5. The van der Waals surface area contributed by atoms with Crippen LogP contribution in [0.4, 0.5) is 5.69 Å². The molecule has 0 saturated heterocycles. The van der Waals surface area contributed by atoms with Gasteiger partial charge in [0.1, 0.15) is 16.8 Å². The van der Waals surface area contributed by atoms with Gasteiger partial charge in [0.05, 0.1) is 4.92 Å². The van der Waals surface area contributed by atoms with Crippen LogP contribution in [0.5, 0.6) is 5.75 Å². The van der Waals surface area contributed by atoms with Gasteiger partial charge in [-0.15, -0.1) is 0 Å². The molecule has 21 heavy (non-hydrogen) atoms. The molecule has 0 aliphatic heterocycles. The highest BCUT2D eigenvalue weighted by atomic mass is 79.9. The summed E-state index contributed by atoms with van der Waals surface area (Å²) in [6.07, 6.45) is 0. The summed E-state index contributed by atoms with van der Waals surface area (Å²) < 4.78 is 6.13. The van der Waals surface area contributed by atoms with Crippen molar-refractivity contribution in [3.63, 3.8) is 0 Å². The second-order valence-electron chi connectivity index (χ2n) is 4.47. The number of nitrogens with one attached hydrogen (secondary N) is 1. The highest BCUT2D eigenvalue weighted by Gasteiger charge is 2.14. The van der Waals surface area contributed by atoms with E-state index in [-0.39, 0.29) is 12.3 Å². The van der Waals surface area contributed by atoms with E-state index >= 15 is 0 Å². The first kappa shape index (κ1) is 15.5. The van der Waals surface area contributed by atoms with Crippen molar-refractivity contribution in [3.05, 3.63) is 68.2 Å². The Morgan fingerprint density at radius 3 is 2.57 bits per heavy atom. The van der Waals surface area contributed by atoms with Gasteiger partial charge in [0.25, 0.3) is 5.69 Å². The summed E-state index contributed by atoms with van der Waals surface area (Å²) in [6, 6.07) is 12.6. The molecule has 0 aliphatic carbocycles. The van der Waals surface area contributed by atoms with Crippen molar-refractivity contribution < 1.29 is 9.66 Å². The molecule has 0 spiro atoms. The number of hydrogen-bond donors (Lipinski definition) is 1. The number of hydrogen-bond acceptors (Lipinski definition) is 4. The molecule has 5 nitrogen and oxygen atoms in total. The lowest BCUT2D eigenvalue weighted by Gasteiger charge is -2.09. The Bertz CT molecular complexity index is 629. The van der Waals surface area contributed by atoms with Gasteiger partial charge in [-0.1, -0.05) is 24.3 Å². The van der Waals surface area contributed by atoms with Crippen LogP contribution in [0.3, 0.4) is 0 Å². The Labute approximate surface area is 131 Å². The summed E-state index contributed by atoms with van der Waals surface area (Å²) in [5.41, 5.74) is 1.95. The van der Waals surface area contributed by atoms with Crippen molar-refractivity contribution in [3.8, 4) is 5.75 Å². The molecule has 0 atom stereocenters. The lowest BCUT2D eigenvalue weighted by Crippen LogP contribution is -2.04. The standard InChI is InChI=1S/C15H15BrN2O3/c1-17-9-11-5-7-13(8-6-11)21-10-12-3-2-4-14(15(12)16)18(19)20/h2-8,17H,9-10H2,1H3. The van der Waals surface area contributed by atoms with Gasteiger partial charge < -0.3 is 10.1 Å². The predicted molar refractivity (Wildman–Crippen MR) is 84.3 cm³/mol. The zero-order valence-corrected chi connectivity index (χ0v) is 13.1. The van der Waals surface area contributed by atoms with Crippen LogP contribution in [-0.2, 0) is 13.2 Å². The Hall–Kier alpha value is -1.92. The zero-order chi connectivity index (χ0) is 15.2. The van der Waals surface area contributed by atoms with Gasteiger partial charge in [-0.2, -0.15) is 0 Å². The average molecular weight is 351 g/mol. The number of halogens is 1. The van der Waals surface area contributed by atoms with E-state index in [0.29, 0.717) is 4.47 Å². The summed E-state index contributed by atoms with van der Waals surface area (Å²) in [4.78, 5) is 10.5. The maximum absolute atomic E-state index is 10.9. The Morgan fingerprint density at radius 2 is 1.95 bits per heavy atom. The van der Waals surface area contributed by atoms with Crippen molar-refractivity contribution in [2.24, 2.45) is 0 Å². The number of nitro groups is 1. The fourth-order valence-corrected chi connectivity index (χ4v) is 2.41. The first-order chi connectivity index (χ1) is 10.1. The molecule has 1 N–H and O–H groups in total. The van der Waals surface area contributed by atoms with E-state index in [1.165, 1.54) is 11.6 Å². The topological polar surface area (TPSA) is 64.4 Å². The average Bonchev–Trinajstić information content (AvgIpc) is 2.48. The van der Waals surface area contributed by atoms with Gasteiger partial charge in [-0.25, -0.2) is 0 Å². The molecule has 0 saturated carbocycles. The highest BCUT2D eigenvalue weighted by molar-refractivity contribution is 9.10. The van der Waals surface area contributed by atoms with E-state index in [1.54, 1.807) is 12.1 Å². The van der Waals surface area contributed by atoms with Crippen molar-refractivity contribution in [2.45, 2.75) is 13.2 Å². The van der Waals surface area contributed by atoms with Crippen molar-refractivity contribution in [1.82, 2.24) is 5.32 Å².